The molecule has 0 bridgehead atoms. The number of hydrogen-bond acceptors (Lipinski definition) is 3. The molecule has 0 amide bonds. The Bertz CT molecular complexity index is 768. The van der Waals surface area contributed by atoms with Crippen molar-refractivity contribution in [2.24, 2.45) is 0 Å². The van der Waals surface area contributed by atoms with Crippen LogP contribution in [0.1, 0.15) is 22.9 Å². The summed E-state index contributed by atoms with van der Waals surface area (Å²) < 4.78 is 13.2. The molecule has 2 heterocycles. The van der Waals surface area contributed by atoms with Crippen molar-refractivity contribution in [3.63, 3.8) is 0 Å². The molecule has 0 aliphatic carbocycles. The van der Waals surface area contributed by atoms with Gasteiger partial charge in [-0.05, 0) is 11.6 Å². The van der Waals surface area contributed by atoms with Crippen LogP contribution in [-0.4, -0.2) is 31.6 Å². The summed E-state index contributed by atoms with van der Waals surface area (Å²) >= 11 is 0. The topological polar surface area (TPSA) is 33.5 Å². The highest BCUT2D eigenvalue weighted by Crippen LogP contribution is 2.38. The van der Waals surface area contributed by atoms with Crippen LogP contribution in [-0.2, 0) is 6.42 Å². The summed E-state index contributed by atoms with van der Waals surface area (Å²) in [6.45, 7) is 1.02. The van der Waals surface area contributed by atoms with Crippen LogP contribution in [0.2, 0.25) is 0 Å². The summed E-state index contributed by atoms with van der Waals surface area (Å²) in [5, 5.41) is 3.64. The quantitative estimate of drug-likeness (QED) is 0.865. The van der Waals surface area contributed by atoms with Crippen molar-refractivity contribution in [1.82, 2.24) is 0 Å². The van der Waals surface area contributed by atoms with Gasteiger partial charge in [-0.3, -0.25) is 0 Å². The molecule has 22 heavy (non-hydrogen) atoms. The van der Waals surface area contributed by atoms with Gasteiger partial charge in [0, 0.05) is 18.1 Å². The van der Waals surface area contributed by atoms with Gasteiger partial charge in [0.15, 0.2) is 17.7 Å². The third-order valence-corrected chi connectivity index (χ3v) is 4.47. The molecule has 4 nitrogen and oxygen atoms in total. The maximum Gasteiger partial charge on any atom is 0.252 e. The summed E-state index contributed by atoms with van der Waals surface area (Å²) in [7, 11) is 3.33. The second kappa shape index (κ2) is 5.05. The van der Waals surface area contributed by atoms with E-state index in [2.05, 4.69) is 40.4 Å². The van der Waals surface area contributed by atoms with E-state index in [4.69, 9.17) is 9.47 Å². The Morgan fingerprint density at radius 3 is 2.68 bits per heavy atom. The Morgan fingerprint density at radius 2 is 1.86 bits per heavy atom. The van der Waals surface area contributed by atoms with Crippen LogP contribution in [0, 0.1) is 0 Å². The molecule has 0 radical (unpaired) electrons. The fraction of sp³-hybridized carbons (Fsp3) is 0.278. The van der Waals surface area contributed by atoms with E-state index in [-0.39, 0.29) is 6.17 Å². The molecule has 2 aliphatic rings. The molecule has 112 valence electrons. The third kappa shape index (κ3) is 1.95. The van der Waals surface area contributed by atoms with Crippen molar-refractivity contribution >= 4 is 11.9 Å². The molecule has 0 aromatic heterocycles. The number of hydrogen-bond donors (Lipinski definition) is 1. The number of anilines is 1. The lowest BCUT2D eigenvalue weighted by atomic mass is 9.96. The largest absolute Gasteiger partial charge is 0.493 e. The molecule has 2 aliphatic heterocycles. The van der Waals surface area contributed by atoms with Crippen molar-refractivity contribution < 1.29 is 14.0 Å². The Balaban J connectivity index is 1.82. The van der Waals surface area contributed by atoms with E-state index in [9.17, 15) is 0 Å². The summed E-state index contributed by atoms with van der Waals surface area (Å²) in [4.78, 5) is 0. The van der Waals surface area contributed by atoms with E-state index < -0.39 is 0 Å². The number of ether oxygens (including phenoxy) is 2. The molecule has 4 heteroatoms. The van der Waals surface area contributed by atoms with Gasteiger partial charge in [-0.25, -0.2) is 4.58 Å². The van der Waals surface area contributed by atoms with Crippen LogP contribution in [0.15, 0.2) is 36.4 Å². The number of rotatable bonds is 2. The lowest BCUT2D eigenvalue weighted by molar-refractivity contribution is -0.566. The summed E-state index contributed by atoms with van der Waals surface area (Å²) in [5.41, 5.74) is 4.99. The minimum atomic E-state index is 0.190. The fourth-order valence-electron chi connectivity index (χ4n) is 3.34. The van der Waals surface area contributed by atoms with Crippen LogP contribution in [0.4, 0.5) is 5.69 Å². The number of fused-ring (bicyclic) bond motifs is 4. The summed E-state index contributed by atoms with van der Waals surface area (Å²) in [6, 6.07) is 12.7. The molecule has 4 rings (SSSR count). The van der Waals surface area contributed by atoms with Crippen LogP contribution in [0.5, 0.6) is 11.5 Å². The molecule has 0 saturated carbocycles. The average Bonchev–Trinajstić information content (AvgIpc) is 2.58. The van der Waals surface area contributed by atoms with Gasteiger partial charge in [-0.2, -0.15) is 0 Å². The van der Waals surface area contributed by atoms with Crippen molar-refractivity contribution in [3.8, 4) is 11.5 Å². The molecule has 2 aromatic carbocycles. The first-order chi connectivity index (χ1) is 10.8. The zero-order valence-electron chi connectivity index (χ0n) is 12.8. The molecule has 0 spiro atoms. The lowest BCUT2D eigenvalue weighted by Crippen LogP contribution is -2.36. The number of nitrogens with one attached hydrogen (secondary N) is 1. The predicted octanol–water partition coefficient (Wildman–Crippen LogP) is 2.82. The maximum atomic E-state index is 5.42. The van der Waals surface area contributed by atoms with Gasteiger partial charge in [0.1, 0.15) is 6.54 Å². The van der Waals surface area contributed by atoms with E-state index in [0.717, 1.165) is 35.7 Å². The zero-order chi connectivity index (χ0) is 15.1. The Kier molecular flexibility index (Phi) is 3.03. The van der Waals surface area contributed by atoms with Crippen molar-refractivity contribution in [1.29, 1.82) is 0 Å². The van der Waals surface area contributed by atoms with Gasteiger partial charge in [-0.15, -0.1) is 0 Å². The maximum absolute atomic E-state index is 5.42. The van der Waals surface area contributed by atoms with Crippen LogP contribution >= 0.6 is 0 Å². The van der Waals surface area contributed by atoms with E-state index in [1.807, 2.05) is 12.1 Å². The Labute approximate surface area is 130 Å². The SMILES string of the molecule is COc1cc2c(cc1OC)NC1c3ccccc3CC[N+]1=C2. The second-order valence-corrected chi connectivity index (χ2v) is 5.66. The van der Waals surface area contributed by atoms with Crippen molar-refractivity contribution in [2.45, 2.75) is 12.6 Å². The molecule has 0 fully saturated rings. The van der Waals surface area contributed by atoms with Crippen LogP contribution < -0.4 is 14.8 Å². The zero-order valence-corrected chi connectivity index (χ0v) is 12.8. The van der Waals surface area contributed by atoms with E-state index in [1.165, 1.54) is 11.1 Å². The van der Waals surface area contributed by atoms with Gasteiger partial charge in [0.2, 0.25) is 0 Å². The molecular weight excluding hydrogens is 276 g/mol. The first-order valence-corrected chi connectivity index (χ1v) is 7.51. The standard InChI is InChI=1S/C18H18N2O2/c1-21-16-9-13-11-20-8-7-12-5-3-4-6-14(12)18(20)19-15(13)10-17(16)22-2/h3-6,9-11,18H,7-8H2,1-2H3/p+1. The van der Waals surface area contributed by atoms with E-state index in [1.54, 1.807) is 14.2 Å². The number of benzene rings is 2. The van der Waals surface area contributed by atoms with Gasteiger partial charge in [0.25, 0.3) is 6.17 Å². The molecule has 1 atom stereocenters. The normalized spacial score (nSPS) is 18.3. The number of methoxy groups -OCH3 is 2. The minimum Gasteiger partial charge on any atom is -0.493 e. The van der Waals surface area contributed by atoms with E-state index in [0.29, 0.717) is 0 Å². The summed E-state index contributed by atoms with van der Waals surface area (Å²) in [5.74, 6) is 1.51. The smallest absolute Gasteiger partial charge is 0.252 e. The van der Waals surface area contributed by atoms with E-state index >= 15 is 0 Å². The summed E-state index contributed by atoms with van der Waals surface area (Å²) in [6.07, 6.45) is 3.48. The highest BCUT2D eigenvalue weighted by Gasteiger charge is 2.34. The van der Waals surface area contributed by atoms with Crippen LogP contribution in [0.25, 0.3) is 0 Å². The molecule has 0 saturated heterocycles. The highest BCUT2D eigenvalue weighted by atomic mass is 16.5. The van der Waals surface area contributed by atoms with Crippen molar-refractivity contribution in [2.75, 3.05) is 26.1 Å². The molecule has 1 N–H and O–H groups in total. The lowest BCUT2D eigenvalue weighted by Gasteiger charge is -2.29. The molecule has 1 unspecified atom stereocenters. The van der Waals surface area contributed by atoms with Gasteiger partial charge < -0.3 is 14.8 Å². The second-order valence-electron chi connectivity index (χ2n) is 5.66. The Hall–Kier alpha value is -2.49. The molecule has 2 aromatic rings. The highest BCUT2D eigenvalue weighted by molar-refractivity contribution is 5.88. The predicted molar refractivity (Wildman–Crippen MR) is 86.3 cm³/mol. The van der Waals surface area contributed by atoms with Gasteiger partial charge >= 0.3 is 0 Å². The first-order valence-electron chi connectivity index (χ1n) is 7.51. The number of nitrogens with zero attached hydrogens (tertiary/aromatic N) is 1. The Morgan fingerprint density at radius 1 is 1.09 bits per heavy atom. The van der Waals surface area contributed by atoms with Crippen LogP contribution in [0.3, 0.4) is 0 Å². The van der Waals surface area contributed by atoms with Gasteiger partial charge in [0.05, 0.1) is 25.5 Å². The third-order valence-electron chi connectivity index (χ3n) is 4.47. The monoisotopic (exact) mass is 295 g/mol. The first kappa shape index (κ1) is 13.2. The van der Waals surface area contributed by atoms with Crippen molar-refractivity contribution in [3.05, 3.63) is 53.1 Å². The average molecular weight is 295 g/mol. The fourth-order valence-corrected chi connectivity index (χ4v) is 3.34. The molecular formula is C18H19N2O2+. The van der Waals surface area contributed by atoms with Gasteiger partial charge in [-0.1, -0.05) is 24.3 Å². The minimum absolute atomic E-state index is 0.190.